The monoisotopic (exact) mass is 567 g/mol. The second-order valence-electron chi connectivity index (χ2n) is 9.27. The molecule has 0 unspecified atom stereocenters. The van der Waals surface area contributed by atoms with Crippen LogP contribution in [0, 0.1) is 5.82 Å². The second-order valence-corrected chi connectivity index (χ2v) is 9.71. The number of rotatable bonds is 15. The molecule has 11 heteroatoms. The number of pyridine rings is 1. The molecule has 0 atom stereocenters. The largest absolute Gasteiger partial charge is 0.492 e. The molecule has 0 saturated carbocycles. The highest BCUT2D eigenvalue weighted by Gasteiger charge is 2.15. The molecule has 2 heterocycles. The van der Waals surface area contributed by atoms with Gasteiger partial charge in [0.1, 0.15) is 30.5 Å². The maximum Gasteiger partial charge on any atom is 0.257 e. The molecule has 2 aromatic heterocycles. The van der Waals surface area contributed by atoms with E-state index in [9.17, 15) is 4.39 Å². The lowest BCUT2D eigenvalue weighted by Gasteiger charge is -2.16. The molecular formula is C29H35ClFN7O2. The summed E-state index contributed by atoms with van der Waals surface area (Å²) in [4.78, 5) is 6.82. The summed E-state index contributed by atoms with van der Waals surface area (Å²) >= 11 is 6.10. The van der Waals surface area contributed by atoms with E-state index in [0.717, 1.165) is 54.9 Å². The maximum absolute atomic E-state index is 14.6. The van der Waals surface area contributed by atoms with Crippen LogP contribution in [0.1, 0.15) is 13.3 Å². The van der Waals surface area contributed by atoms with E-state index in [2.05, 4.69) is 44.7 Å². The number of nitrogens with zero attached hydrogens (tertiary/aromatic N) is 4. The van der Waals surface area contributed by atoms with E-state index in [4.69, 9.17) is 26.8 Å². The third-order valence-electron chi connectivity index (χ3n) is 6.13. The van der Waals surface area contributed by atoms with Crippen LogP contribution < -0.4 is 25.8 Å². The average Bonchev–Trinajstić information content (AvgIpc) is 2.95. The molecule has 0 fully saturated rings. The van der Waals surface area contributed by atoms with Gasteiger partial charge in [0.05, 0.1) is 11.2 Å². The first-order valence-corrected chi connectivity index (χ1v) is 13.7. The molecule has 0 spiro atoms. The number of hydrogen-bond acceptors (Lipinski definition) is 9. The zero-order chi connectivity index (χ0) is 28.3. The van der Waals surface area contributed by atoms with E-state index in [1.165, 1.54) is 18.2 Å². The smallest absolute Gasteiger partial charge is 0.257 e. The minimum absolute atomic E-state index is 0.234. The number of fused-ring (bicyclic) bond motifs is 1. The van der Waals surface area contributed by atoms with Crippen molar-refractivity contribution in [2.45, 2.75) is 13.3 Å². The van der Waals surface area contributed by atoms with Crippen LogP contribution in [0.5, 0.6) is 11.6 Å². The first-order chi connectivity index (χ1) is 19.5. The standard InChI is InChI=1S/C29H35ClFN7O2/c1-3-13-38(2)14-11-33-12-16-39-21-5-6-22-25(8-10-34-26(22)18-21)35-28-19-27(36-37-29(28)40-15-9-32)23-17-20(30)4-7-24(23)31/h4-8,10,17-19,33H,3,9,11-16,32H2,1-2H3,(H,34,35,36). The zero-order valence-corrected chi connectivity index (χ0v) is 23.5. The molecule has 4 N–H and O–H groups in total. The lowest BCUT2D eigenvalue weighted by molar-refractivity contribution is 0.299. The lowest BCUT2D eigenvalue weighted by atomic mass is 10.1. The highest BCUT2D eigenvalue weighted by Crippen LogP contribution is 2.34. The molecule has 4 rings (SSSR count). The third-order valence-corrected chi connectivity index (χ3v) is 6.36. The van der Waals surface area contributed by atoms with Gasteiger partial charge in [0, 0.05) is 60.1 Å². The summed E-state index contributed by atoms with van der Waals surface area (Å²) in [6.07, 6.45) is 2.86. The molecule has 0 amide bonds. The molecule has 0 bridgehead atoms. The molecule has 2 aromatic carbocycles. The van der Waals surface area contributed by atoms with Crippen molar-refractivity contribution in [1.29, 1.82) is 0 Å². The number of nitrogens with one attached hydrogen (secondary N) is 2. The van der Waals surface area contributed by atoms with Crippen molar-refractivity contribution < 1.29 is 13.9 Å². The minimum atomic E-state index is -0.457. The molecule has 0 saturated heterocycles. The third kappa shape index (κ3) is 7.98. The minimum Gasteiger partial charge on any atom is -0.492 e. The van der Waals surface area contributed by atoms with Crippen LogP contribution in [0.2, 0.25) is 5.02 Å². The molecule has 0 radical (unpaired) electrons. The van der Waals surface area contributed by atoms with Crippen LogP contribution in [-0.2, 0) is 0 Å². The summed E-state index contributed by atoms with van der Waals surface area (Å²) < 4.78 is 26.2. The SMILES string of the molecule is CCCN(C)CCNCCOc1ccc2c(Nc3cc(-c4cc(Cl)ccc4F)nnc3OCCN)ccnc2c1. The highest BCUT2D eigenvalue weighted by molar-refractivity contribution is 6.30. The molecule has 40 heavy (non-hydrogen) atoms. The van der Waals surface area contributed by atoms with Crippen molar-refractivity contribution in [3.8, 4) is 22.9 Å². The van der Waals surface area contributed by atoms with Gasteiger partial charge in [-0.2, -0.15) is 0 Å². The first-order valence-electron chi connectivity index (χ1n) is 13.3. The molecular weight excluding hydrogens is 533 g/mol. The van der Waals surface area contributed by atoms with Gasteiger partial charge in [0.15, 0.2) is 0 Å². The van der Waals surface area contributed by atoms with Gasteiger partial charge in [-0.25, -0.2) is 4.39 Å². The summed E-state index contributed by atoms with van der Waals surface area (Å²) in [7, 11) is 2.13. The molecule has 4 aromatic rings. The quantitative estimate of drug-likeness (QED) is 0.173. The Labute approximate surface area is 238 Å². The van der Waals surface area contributed by atoms with Gasteiger partial charge in [-0.3, -0.25) is 4.98 Å². The number of aromatic nitrogens is 3. The Morgan fingerprint density at radius 3 is 2.67 bits per heavy atom. The number of halogens is 2. The summed E-state index contributed by atoms with van der Waals surface area (Å²) in [5, 5.41) is 16.4. The van der Waals surface area contributed by atoms with Gasteiger partial charge in [0.2, 0.25) is 0 Å². The summed E-state index contributed by atoms with van der Waals surface area (Å²) in [6, 6.07) is 13.6. The van der Waals surface area contributed by atoms with E-state index < -0.39 is 5.82 Å². The molecule has 0 aliphatic carbocycles. The normalized spacial score (nSPS) is 11.2. The number of nitrogens with two attached hydrogens (primary N) is 1. The van der Waals surface area contributed by atoms with Gasteiger partial charge in [-0.1, -0.05) is 18.5 Å². The van der Waals surface area contributed by atoms with Crippen molar-refractivity contribution in [2.24, 2.45) is 5.73 Å². The second kappa shape index (κ2) is 14.7. The Morgan fingerprint density at radius 2 is 1.85 bits per heavy atom. The average molecular weight is 568 g/mol. The Hall–Kier alpha value is -3.57. The van der Waals surface area contributed by atoms with E-state index in [-0.39, 0.29) is 18.1 Å². The fourth-order valence-corrected chi connectivity index (χ4v) is 4.33. The van der Waals surface area contributed by atoms with Crippen LogP contribution in [0.15, 0.2) is 54.7 Å². The highest BCUT2D eigenvalue weighted by atomic mass is 35.5. The zero-order valence-electron chi connectivity index (χ0n) is 22.8. The van der Waals surface area contributed by atoms with E-state index in [1.54, 1.807) is 12.3 Å². The van der Waals surface area contributed by atoms with Crippen LogP contribution >= 0.6 is 11.6 Å². The van der Waals surface area contributed by atoms with Gasteiger partial charge < -0.3 is 30.7 Å². The molecule has 0 aliphatic rings. The summed E-state index contributed by atoms with van der Waals surface area (Å²) in [5.74, 6) is 0.523. The van der Waals surface area contributed by atoms with Gasteiger partial charge in [0.25, 0.3) is 5.88 Å². The predicted molar refractivity (Wildman–Crippen MR) is 158 cm³/mol. The van der Waals surface area contributed by atoms with Crippen molar-refractivity contribution >= 4 is 33.9 Å². The molecule has 9 nitrogen and oxygen atoms in total. The lowest BCUT2D eigenvalue weighted by Crippen LogP contribution is -2.31. The summed E-state index contributed by atoms with van der Waals surface area (Å²) in [6.45, 7) is 7.06. The van der Waals surface area contributed by atoms with Crippen LogP contribution in [0.25, 0.3) is 22.2 Å². The maximum atomic E-state index is 14.6. The topological polar surface area (TPSA) is 110 Å². The number of hydrogen-bond donors (Lipinski definition) is 3. The number of anilines is 2. The number of benzene rings is 2. The molecule has 0 aliphatic heterocycles. The van der Waals surface area contributed by atoms with E-state index in [1.807, 2.05) is 24.3 Å². The van der Waals surface area contributed by atoms with Crippen molar-refractivity contribution in [3.63, 3.8) is 0 Å². The van der Waals surface area contributed by atoms with Crippen LogP contribution in [0.4, 0.5) is 15.8 Å². The van der Waals surface area contributed by atoms with Gasteiger partial charge in [-0.05, 0) is 62.5 Å². The van der Waals surface area contributed by atoms with Gasteiger partial charge >= 0.3 is 0 Å². The van der Waals surface area contributed by atoms with Crippen LogP contribution in [0.3, 0.4) is 0 Å². The van der Waals surface area contributed by atoms with Crippen molar-refractivity contribution in [3.05, 3.63) is 65.6 Å². The fourth-order valence-electron chi connectivity index (χ4n) is 4.16. The Morgan fingerprint density at radius 1 is 0.975 bits per heavy atom. The number of ether oxygens (including phenoxy) is 2. The van der Waals surface area contributed by atoms with Crippen molar-refractivity contribution in [2.75, 3.05) is 58.3 Å². The van der Waals surface area contributed by atoms with Crippen molar-refractivity contribution in [1.82, 2.24) is 25.4 Å². The predicted octanol–water partition coefficient (Wildman–Crippen LogP) is 4.88. The Balaban J connectivity index is 1.49. The number of likely N-dealkylation sites (N-methyl/N-ethyl adjacent to an activating group) is 1. The first kappa shape index (κ1) is 29.4. The van der Waals surface area contributed by atoms with E-state index in [0.29, 0.717) is 29.6 Å². The summed E-state index contributed by atoms with van der Waals surface area (Å²) in [5.41, 5.74) is 8.18. The Kier molecular flexibility index (Phi) is 10.8. The fraction of sp³-hybridized carbons (Fsp3) is 0.345. The van der Waals surface area contributed by atoms with Gasteiger partial charge in [-0.15, -0.1) is 10.2 Å². The van der Waals surface area contributed by atoms with E-state index >= 15 is 0 Å². The van der Waals surface area contributed by atoms with Crippen LogP contribution in [-0.4, -0.2) is 73.1 Å². The molecule has 212 valence electrons. The Bertz CT molecular complexity index is 1410.